The van der Waals surface area contributed by atoms with Gasteiger partial charge < -0.3 is 29.2 Å². The number of nitrogens with zero attached hydrogens (tertiary/aromatic N) is 6. The van der Waals surface area contributed by atoms with Gasteiger partial charge in [0.1, 0.15) is 11.7 Å². The molecule has 0 aliphatic carbocycles. The molecule has 1 aromatic carbocycles. The summed E-state index contributed by atoms with van der Waals surface area (Å²) in [7, 11) is 3.57. The Hall–Kier alpha value is -4.00. The minimum absolute atomic E-state index is 0.0397. The molecule has 3 aromatic rings. The van der Waals surface area contributed by atoms with Crippen LogP contribution in [0.3, 0.4) is 0 Å². The van der Waals surface area contributed by atoms with Gasteiger partial charge in [0.05, 0.1) is 6.04 Å². The fraction of sp³-hybridized carbons (Fsp3) is 0.480. The van der Waals surface area contributed by atoms with Gasteiger partial charge >= 0.3 is 18.1 Å². The first kappa shape index (κ1) is 25.6. The zero-order valence-corrected chi connectivity index (χ0v) is 21.3. The van der Waals surface area contributed by atoms with Gasteiger partial charge in [-0.25, -0.2) is 19.0 Å². The number of likely N-dealkylation sites (N-methyl/N-ethyl adjacent to an activating group) is 1. The number of oxazole rings is 1. The molecule has 38 heavy (non-hydrogen) atoms. The number of urea groups is 1. The lowest BCUT2D eigenvalue weighted by Crippen LogP contribution is -2.55. The Balaban J connectivity index is 1.20. The Bertz CT molecular complexity index is 1250. The molecule has 4 heterocycles. The normalized spacial score (nSPS) is 20.8. The quantitative estimate of drug-likeness (QED) is 0.516. The molecule has 0 bridgehead atoms. The van der Waals surface area contributed by atoms with E-state index in [2.05, 4.69) is 37.5 Å². The molecule has 3 amide bonds. The second-order valence-electron chi connectivity index (χ2n) is 9.65. The number of benzene rings is 1. The second kappa shape index (κ2) is 11.2. The molecule has 0 spiro atoms. The number of ether oxygens (including phenoxy) is 1. The lowest BCUT2D eigenvalue weighted by atomic mass is 10.0. The third-order valence-electron chi connectivity index (χ3n) is 6.96. The molecule has 0 unspecified atom stereocenters. The SMILES string of the molecule is CN1CCC(NC(=O)Oc2ccnc(N3CC[C@@H](F)[C@@H](N(C)C(=O)Nc4nc5ccccc5o4)C3)n2)CC1. The lowest BCUT2D eigenvalue weighted by molar-refractivity contribution is 0.133. The second-order valence-corrected chi connectivity index (χ2v) is 9.65. The largest absolute Gasteiger partial charge is 0.423 e. The van der Waals surface area contributed by atoms with Crippen molar-refractivity contribution < 1.29 is 23.1 Å². The summed E-state index contributed by atoms with van der Waals surface area (Å²) in [5, 5.41) is 5.48. The molecule has 202 valence electrons. The Morgan fingerprint density at radius 3 is 2.71 bits per heavy atom. The number of hydrogen-bond donors (Lipinski definition) is 2. The summed E-state index contributed by atoms with van der Waals surface area (Å²) in [4.78, 5) is 43.4. The lowest BCUT2D eigenvalue weighted by Gasteiger charge is -2.39. The van der Waals surface area contributed by atoms with Crippen molar-refractivity contribution in [2.45, 2.75) is 37.5 Å². The molecule has 2 aromatic heterocycles. The summed E-state index contributed by atoms with van der Waals surface area (Å²) >= 11 is 0. The predicted molar refractivity (Wildman–Crippen MR) is 138 cm³/mol. The first-order valence-electron chi connectivity index (χ1n) is 12.6. The van der Waals surface area contributed by atoms with E-state index < -0.39 is 24.3 Å². The van der Waals surface area contributed by atoms with Crippen LogP contribution in [-0.4, -0.2) is 95.4 Å². The smallest absolute Gasteiger partial charge is 0.414 e. The number of alkyl halides is 1. The first-order chi connectivity index (χ1) is 18.4. The number of aromatic nitrogens is 3. The minimum Gasteiger partial charge on any atom is -0.423 e. The van der Waals surface area contributed by atoms with Crippen LogP contribution in [0.4, 0.5) is 25.9 Å². The van der Waals surface area contributed by atoms with Crippen molar-refractivity contribution in [1.29, 1.82) is 0 Å². The average molecular weight is 527 g/mol. The number of anilines is 2. The van der Waals surface area contributed by atoms with Gasteiger partial charge in [-0.3, -0.25) is 5.32 Å². The van der Waals surface area contributed by atoms with Crippen LogP contribution >= 0.6 is 0 Å². The molecule has 2 atom stereocenters. The number of likely N-dealkylation sites (tertiary alicyclic amines) is 1. The van der Waals surface area contributed by atoms with Crippen molar-refractivity contribution in [3.63, 3.8) is 0 Å². The summed E-state index contributed by atoms with van der Waals surface area (Å²) in [5.74, 6) is 0.389. The Kier molecular flexibility index (Phi) is 7.54. The number of carbonyl (C=O) groups excluding carboxylic acids is 2. The number of para-hydroxylation sites is 2. The Morgan fingerprint density at radius 1 is 1.13 bits per heavy atom. The average Bonchev–Trinajstić information content (AvgIpc) is 3.32. The zero-order valence-electron chi connectivity index (χ0n) is 21.3. The van der Waals surface area contributed by atoms with E-state index in [0.717, 1.165) is 25.9 Å². The summed E-state index contributed by atoms with van der Waals surface area (Å²) < 4.78 is 25.9. The van der Waals surface area contributed by atoms with Crippen molar-refractivity contribution in [3.05, 3.63) is 36.5 Å². The van der Waals surface area contributed by atoms with E-state index >= 15 is 0 Å². The number of piperidine rings is 2. The Labute approximate surface area is 219 Å². The van der Waals surface area contributed by atoms with Crippen molar-refractivity contribution in [2.75, 3.05) is 50.5 Å². The van der Waals surface area contributed by atoms with Gasteiger partial charge in [-0.15, -0.1) is 0 Å². The van der Waals surface area contributed by atoms with Crippen LogP contribution in [0.25, 0.3) is 11.1 Å². The summed E-state index contributed by atoms with van der Waals surface area (Å²) in [5.41, 5.74) is 1.15. The topological polar surface area (TPSA) is 129 Å². The molecule has 2 N–H and O–H groups in total. The summed E-state index contributed by atoms with van der Waals surface area (Å²) in [6.45, 7) is 2.33. The summed E-state index contributed by atoms with van der Waals surface area (Å²) in [6.07, 6.45) is 1.56. The number of fused-ring (bicyclic) bond motifs is 1. The number of hydrogen-bond acceptors (Lipinski definition) is 9. The molecule has 5 rings (SSSR count). The highest BCUT2D eigenvalue weighted by Crippen LogP contribution is 2.24. The van der Waals surface area contributed by atoms with Gasteiger partial charge in [-0.05, 0) is 51.5 Å². The highest BCUT2D eigenvalue weighted by atomic mass is 19.1. The van der Waals surface area contributed by atoms with E-state index in [-0.39, 0.29) is 30.9 Å². The molecule has 0 radical (unpaired) electrons. The van der Waals surface area contributed by atoms with Gasteiger partial charge in [0.15, 0.2) is 5.58 Å². The number of amides is 3. The van der Waals surface area contributed by atoms with Crippen LogP contribution < -0.4 is 20.3 Å². The molecule has 2 aliphatic heterocycles. The third kappa shape index (κ3) is 5.93. The van der Waals surface area contributed by atoms with E-state index in [0.29, 0.717) is 23.6 Å². The monoisotopic (exact) mass is 526 g/mol. The predicted octanol–water partition coefficient (Wildman–Crippen LogP) is 2.88. The van der Waals surface area contributed by atoms with Crippen LogP contribution in [0.1, 0.15) is 19.3 Å². The van der Waals surface area contributed by atoms with Crippen LogP contribution in [0.2, 0.25) is 0 Å². The van der Waals surface area contributed by atoms with Crippen molar-refractivity contribution in [1.82, 2.24) is 30.1 Å². The molecule has 2 saturated heterocycles. The fourth-order valence-corrected chi connectivity index (χ4v) is 4.69. The highest BCUT2D eigenvalue weighted by Gasteiger charge is 2.36. The maximum absolute atomic E-state index is 14.9. The molecule has 0 saturated carbocycles. The maximum Gasteiger partial charge on any atom is 0.414 e. The highest BCUT2D eigenvalue weighted by molar-refractivity contribution is 5.88. The number of halogens is 1. The first-order valence-corrected chi connectivity index (χ1v) is 12.6. The van der Waals surface area contributed by atoms with E-state index in [1.54, 1.807) is 23.1 Å². The van der Waals surface area contributed by atoms with E-state index in [9.17, 15) is 14.0 Å². The van der Waals surface area contributed by atoms with Gasteiger partial charge in [0.25, 0.3) is 0 Å². The molecule has 2 aliphatic rings. The van der Waals surface area contributed by atoms with Crippen molar-refractivity contribution in [2.24, 2.45) is 0 Å². The van der Waals surface area contributed by atoms with E-state index in [4.69, 9.17) is 9.15 Å². The number of carbonyl (C=O) groups is 2. The van der Waals surface area contributed by atoms with Crippen molar-refractivity contribution >= 4 is 35.2 Å². The molecule has 2 fully saturated rings. The van der Waals surface area contributed by atoms with E-state index in [1.807, 2.05) is 6.07 Å². The maximum atomic E-state index is 14.9. The number of nitrogens with one attached hydrogen (secondary N) is 2. The molecular weight excluding hydrogens is 495 g/mol. The van der Waals surface area contributed by atoms with Gasteiger partial charge in [0, 0.05) is 38.4 Å². The van der Waals surface area contributed by atoms with Crippen LogP contribution in [-0.2, 0) is 0 Å². The molecule has 12 nitrogen and oxygen atoms in total. The third-order valence-corrected chi connectivity index (χ3v) is 6.96. The molecular formula is C25H31FN8O4. The fourth-order valence-electron chi connectivity index (χ4n) is 4.69. The molecule has 13 heteroatoms. The van der Waals surface area contributed by atoms with Gasteiger partial charge in [-0.1, -0.05) is 12.1 Å². The number of rotatable bonds is 5. The Morgan fingerprint density at radius 2 is 1.92 bits per heavy atom. The van der Waals surface area contributed by atoms with Crippen molar-refractivity contribution in [3.8, 4) is 5.88 Å². The van der Waals surface area contributed by atoms with Crippen LogP contribution in [0, 0.1) is 0 Å². The minimum atomic E-state index is -1.25. The zero-order chi connectivity index (χ0) is 26.6. The summed E-state index contributed by atoms with van der Waals surface area (Å²) in [6, 6.07) is 7.41. The van der Waals surface area contributed by atoms with Crippen LogP contribution in [0.5, 0.6) is 5.88 Å². The van der Waals surface area contributed by atoms with Gasteiger partial charge in [-0.2, -0.15) is 9.97 Å². The van der Waals surface area contributed by atoms with Gasteiger partial charge in [0.2, 0.25) is 11.8 Å². The van der Waals surface area contributed by atoms with Crippen LogP contribution in [0.15, 0.2) is 40.9 Å². The van der Waals surface area contributed by atoms with E-state index in [1.165, 1.54) is 24.2 Å². The standard InChI is InChI=1S/C25H31FN8O4/c1-32-12-8-16(9-13-32)28-25(36)38-21-7-11-27-22(30-21)34-14-10-17(26)19(15-34)33(2)24(35)31-23-29-18-5-3-4-6-20(18)37-23/h3-7,11,16-17,19H,8-10,12-15H2,1-2H3,(H,28,36)(H,29,31,35)/t17-,19+/m1/s1.